The average molecular weight is 442 g/mol. The summed E-state index contributed by atoms with van der Waals surface area (Å²) in [5.41, 5.74) is 1.61. The lowest BCUT2D eigenvalue weighted by atomic mass is 9.88. The van der Waals surface area contributed by atoms with Gasteiger partial charge in [-0.2, -0.15) is 0 Å². The quantitative estimate of drug-likeness (QED) is 0.691. The number of benzene rings is 1. The average Bonchev–Trinajstić information content (AvgIpc) is 3.31. The van der Waals surface area contributed by atoms with Crippen molar-refractivity contribution in [3.63, 3.8) is 0 Å². The van der Waals surface area contributed by atoms with Gasteiger partial charge in [0, 0.05) is 25.2 Å². The molecule has 1 unspecified atom stereocenters. The minimum atomic E-state index is -0.619. The van der Waals surface area contributed by atoms with Crippen LogP contribution in [0, 0.1) is 18.8 Å². The van der Waals surface area contributed by atoms with Gasteiger partial charge in [0.05, 0.1) is 4.88 Å². The van der Waals surface area contributed by atoms with Crippen molar-refractivity contribution in [2.45, 2.75) is 39.7 Å². The van der Waals surface area contributed by atoms with E-state index in [1.807, 2.05) is 55.3 Å². The van der Waals surface area contributed by atoms with Crippen LogP contribution in [0.15, 0.2) is 41.8 Å². The molecular weight excluding hydrogens is 410 g/mol. The van der Waals surface area contributed by atoms with Crippen LogP contribution in [0.4, 0.5) is 0 Å². The van der Waals surface area contributed by atoms with Crippen molar-refractivity contribution in [1.29, 1.82) is 0 Å². The molecule has 1 aromatic heterocycles. The van der Waals surface area contributed by atoms with E-state index < -0.39 is 6.04 Å². The molecule has 0 bridgehead atoms. The molecule has 0 saturated carbocycles. The fourth-order valence-electron chi connectivity index (χ4n) is 3.73. The topological polar surface area (TPSA) is 78.5 Å². The normalized spacial score (nSPS) is 15.5. The van der Waals surface area contributed by atoms with Crippen molar-refractivity contribution in [2.24, 2.45) is 11.8 Å². The van der Waals surface area contributed by atoms with E-state index in [-0.39, 0.29) is 23.6 Å². The molecule has 1 fully saturated rings. The zero-order valence-electron chi connectivity index (χ0n) is 18.4. The maximum Gasteiger partial charge on any atom is 0.263 e. The Morgan fingerprint density at radius 3 is 2.35 bits per heavy atom. The number of aryl methyl sites for hydroxylation is 1. The molecule has 166 valence electrons. The molecule has 3 amide bonds. The van der Waals surface area contributed by atoms with Crippen molar-refractivity contribution in [3.8, 4) is 0 Å². The van der Waals surface area contributed by atoms with Crippen molar-refractivity contribution < 1.29 is 14.4 Å². The SMILES string of the molecule is Cc1ccc(C(=O)NC(C(=O)NCC(C)C)C2CCN(C(=O)c3cccs3)CC2)cc1. The van der Waals surface area contributed by atoms with Gasteiger partial charge >= 0.3 is 0 Å². The summed E-state index contributed by atoms with van der Waals surface area (Å²) in [5, 5.41) is 7.83. The minimum absolute atomic E-state index is 0.0195. The van der Waals surface area contributed by atoms with Crippen LogP contribution in [-0.2, 0) is 4.79 Å². The summed E-state index contributed by atoms with van der Waals surface area (Å²) in [6.45, 7) is 7.76. The smallest absolute Gasteiger partial charge is 0.263 e. The number of thiophene rings is 1. The van der Waals surface area contributed by atoms with Gasteiger partial charge in [0.15, 0.2) is 0 Å². The third-order valence-corrected chi connectivity index (χ3v) is 6.46. The number of likely N-dealkylation sites (tertiary alicyclic amines) is 1. The van der Waals surface area contributed by atoms with E-state index in [9.17, 15) is 14.4 Å². The highest BCUT2D eigenvalue weighted by molar-refractivity contribution is 7.12. The maximum atomic E-state index is 13.0. The number of piperidine rings is 1. The van der Waals surface area contributed by atoms with Crippen LogP contribution in [0.3, 0.4) is 0 Å². The second-order valence-corrected chi connectivity index (χ2v) is 9.51. The van der Waals surface area contributed by atoms with Gasteiger partial charge in [-0.05, 0) is 55.2 Å². The predicted molar refractivity (Wildman–Crippen MR) is 123 cm³/mol. The van der Waals surface area contributed by atoms with E-state index in [1.165, 1.54) is 11.3 Å². The molecule has 0 aliphatic carbocycles. The van der Waals surface area contributed by atoms with E-state index in [1.54, 1.807) is 12.1 Å². The molecule has 7 heteroatoms. The lowest BCUT2D eigenvalue weighted by molar-refractivity contribution is -0.124. The number of carbonyl (C=O) groups is 3. The summed E-state index contributed by atoms with van der Waals surface area (Å²) in [5.74, 6) is -0.0615. The molecule has 1 saturated heterocycles. The summed E-state index contributed by atoms with van der Waals surface area (Å²) in [6, 6.07) is 10.4. The van der Waals surface area contributed by atoms with Crippen LogP contribution in [-0.4, -0.2) is 48.3 Å². The molecular formula is C24H31N3O3S. The Hall–Kier alpha value is -2.67. The van der Waals surface area contributed by atoms with Gasteiger partial charge in [-0.15, -0.1) is 11.3 Å². The maximum absolute atomic E-state index is 13.0. The van der Waals surface area contributed by atoms with Crippen molar-refractivity contribution >= 4 is 29.1 Å². The molecule has 2 N–H and O–H groups in total. The molecule has 3 rings (SSSR count). The van der Waals surface area contributed by atoms with Gasteiger partial charge < -0.3 is 15.5 Å². The van der Waals surface area contributed by atoms with E-state index >= 15 is 0 Å². The summed E-state index contributed by atoms with van der Waals surface area (Å²) in [4.78, 5) is 41.0. The molecule has 0 spiro atoms. The summed E-state index contributed by atoms with van der Waals surface area (Å²) >= 11 is 1.44. The monoisotopic (exact) mass is 441 g/mol. The van der Waals surface area contributed by atoms with E-state index in [0.717, 1.165) is 10.4 Å². The zero-order chi connectivity index (χ0) is 22.4. The molecule has 2 aromatic rings. The molecule has 1 aromatic carbocycles. The van der Waals surface area contributed by atoms with Crippen LogP contribution in [0.5, 0.6) is 0 Å². The molecule has 6 nitrogen and oxygen atoms in total. The van der Waals surface area contributed by atoms with E-state index in [2.05, 4.69) is 10.6 Å². The largest absolute Gasteiger partial charge is 0.354 e. The van der Waals surface area contributed by atoms with E-state index in [4.69, 9.17) is 0 Å². The molecule has 1 atom stereocenters. The van der Waals surface area contributed by atoms with Gasteiger partial charge in [0.2, 0.25) is 5.91 Å². The van der Waals surface area contributed by atoms with Crippen LogP contribution in [0.2, 0.25) is 0 Å². The van der Waals surface area contributed by atoms with Crippen LogP contribution in [0.1, 0.15) is 52.3 Å². The summed E-state index contributed by atoms with van der Waals surface area (Å²) < 4.78 is 0. The Morgan fingerprint density at radius 1 is 1.10 bits per heavy atom. The Kier molecular flexibility index (Phi) is 7.85. The van der Waals surface area contributed by atoms with Gasteiger partial charge in [-0.3, -0.25) is 14.4 Å². The number of hydrogen-bond donors (Lipinski definition) is 2. The number of nitrogens with zero attached hydrogens (tertiary/aromatic N) is 1. The van der Waals surface area contributed by atoms with Gasteiger partial charge in [-0.1, -0.05) is 37.6 Å². The Balaban J connectivity index is 1.67. The fraction of sp³-hybridized carbons (Fsp3) is 0.458. The molecule has 1 aliphatic heterocycles. The number of carbonyl (C=O) groups excluding carboxylic acids is 3. The Bertz CT molecular complexity index is 885. The standard InChI is InChI=1S/C24H31N3O3S/c1-16(2)15-25-23(29)21(26-22(28)19-8-6-17(3)7-9-19)18-10-12-27(13-11-18)24(30)20-5-4-14-31-20/h4-9,14,16,18,21H,10-13,15H2,1-3H3,(H,25,29)(H,26,28). The van der Waals surface area contributed by atoms with Crippen molar-refractivity contribution in [3.05, 3.63) is 57.8 Å². The molecule has 2 heterocycles. The van der Waals surface area contributed by atoms with Crippen LogP contribution < -0.4 is 10.6 Å². The van der Waals surface area contributed by atoms with Gasteiger partial charge in [-0.25, -0.2) is 0 Å². The Morgan fingerprint density at radius 2 is 1.77 bits per heavy atom. The number of hydrogen-bond acceptors (Lipinski definition) is 4. The lowest BCUT2D eigenvalue weighted by Crippen LogP contribution is -2.54. The highest BCUT2D eigenvalue weighted by atomic mass is 32.1. The fourth-order valence-corrected chi connectivity index (χ4v) is 4.42. The first-order valence-corrected chi connectivity index (χ1v) is 11.7. The minimum Gasteiger partial charge on any atom is -0.354 e. The molecule has 1 aliphatic rings. The first kappa shape index (κ1) is 23.0. The second-order valence-electron chi connectivity index (χ2n) is 8.56. The number of rotatable bonds is 7. The van der Waals surface area contributed by atoms with E-state index in [0.29, 0.717) is 44.0 Å². The van der Waals surface area contributed by atoms with Gasteiger partial charge in [0.1, 0.15) is 6.04 Å². The van der Waals surface area contributed by atoms with Crippen LogP contribution in [0.25, 0.3) is 0 Å². The second kappa shape index (κ2) is 10.6. The van der Waals surface area contributed by atoms with Gasteiger partial charge in [0.25, 0.3) is 11.8 Å². The van der Waals surface area contributed by atoms with Crippen LogP contribution >= 0.6 is 11.3 Å². The first-order chi connectivity index (χ1) is 14.8. The third-order valence-electron chi connectivity index (χ3n) is 5.60. The number of amides is 3. The molecule has 0 radical (unpaired) electrons. The summed E-state index contributed by atoms with van der Waals surface area (Å²) in [6.07, 6.45) is 1.34. The van der Waals surface area contributed by atoms with Crippen molar-refractivity contribution in [1.82, 2.24) is 15.5 Å². The van der Waals surface area contributed by atoms with Crippen molar-refractivity contribution in [2.75, 3.05) is 19.6 Å². The lowest BCUT2D eigenvalue weighted by Gasteiger charge is -2.35. The zero-order valence-corrected chi connectivity index (χ0v) is 19.2. The highest BCUT2D eigenvalue weighted by Gasteiger charge is 2.34. The Labute approximate surface area is 188 Å². The first-order valence-electron chi connectivity index (χ1n) is 10.8. The number of nitrogens with one attached hydrogen (secondary N) is 2. The predicted octanol–water partition coefficient (Wildman–Crippen LogP) is 3.48. The highest BCUT2D eigenvalue weighted by Crippen LogP contribution is 2.24. The third kappa shape index (κ3) is 6.17. The summed E-state index contributed by atoms with van der Waals surface area (Å²) in [7, 11) is 0. The molecule has 31 heavy (non-hydrogen) atoms.